The number of rotatable bonds is 8. The van der Waals surface area contributed by atoms with Crippen molar-refractivity contribution in [3.63, 3.8) is 0 Å². The van der Waals surface area contributed by atoms with E-state index in [0.29, 0.717) is 31.0 Å². The molecule has 1 rings (SSSR count). The topological polar surface area (TPSA) is 18.5 Å². The first-order valence-electron chi connectivity index (χ1n) is 8.23. The van der Waals surface area contributed by atoms with Crippen LogP contribution in [0.4, 0.5) is 0 Å². The van der Waals surface area contributed by atoms with Gasteiger partial charge in [0.15, 0.2) is 11.5 Å². The zero-order chi connectivity index (χ0) is 16.5. The normalized spacial score (nSPS) is 12.0. The second-order valence-corrected chi connectivity index (χ2v) is 6.69. The van der Waals surface area contributed by atoms with Gasteiger partial charge in [-0.1, -0.05) is 40.7 Å². The highest BCUT2D eigenvalue weighted by atomic mass is 16.5. The fraction of sp³-hybridized carbons (Fsp3) is 0.600. The summed E-state index contributed by atoms with van der Waals surface area (Å²) in [5, 5.41) is 0. The van der Waals surface area contributed by atoms with Crippen molar-refractivity contribution in [3.05, 3.63) is 23.8 Å². The lowest BCUT2D eigenvalue weighted by Gasteiger charge is -2.17. The monoisotopic (exact) mass is 302 g/mol. The van der Waals surface area contributed by atoms with E-state index in [2.05, 4.69) is 58.6 Å². The van der Waals surface area contributed by atoms with Crippen molar-refractivity contribution in [2.75, 3.05) is 13.2 Å². The van der Waals surface area contributed by atoms with E-state index in [1.54, 1.807) is 0 Å². The second-order valence-electron chi connectivity index (χ2n) is 6.69. The van der Waals surface area contributed by atoms with Gasteiger partial charge in [0, 0.05) is 5.92 Å². The molecule has 22 heavy (non-hydrogen) atoms. The molecule has 122 valence electrons. The van der Waals surface area contributed by atoms with E-state index in [0.717, 1.165) is 17.9 Å². The average molecular weight is 302 g/mol. The highest BCUT2D eigenvalue weighted by Crippen LogP contribution is 2.30. The van der Waals surface area contributed by atoms with Crippen LogP contribution in [0.15, 0.2) is 18.2 Å². The summed E-state index contributed by atoms with van der Waals surface area (Å²) in [6.45, 7) is 14.0. The Labute approximate surface area is 136 Å². The van der Waals surface area contributed by atoms with E-state index in [1.807, 2.05) is 13.0 Å². The van der Waals surface area contributed by atoms with Gasteiger partial charge in [0.2, 0.25) is 0 Å². The minimum atomic E-state index is 0.352. The Kier molecular flexibility index (Phi) is 7.88. The maximum Gasteiger partial charge on any atom is 0.161 e. The quantitative estimate of drug-likeness (QED) is 0.632. The Balaban J connectivity index is 2.88. The van der Waals surface area contributed by atoms with Crippen LogP contribution < -0.4 is 9.47 Å². The maximum atomic E-state index is 5.95. The van der Waals surface area contributed by atoms with Crippen LogP contribution in [0.3, 0.4) is 0 Å². The molecule has 0 heterocycles. The predicted molar refractivity (Wildman–Crippen MR) is 93.4 cm³/mol. The third-order valence-corrected chi connectivity index (χ3v) is 3.09. The Morgan fingerprint density at radius 2 is 1.50 bits per heavy atom. The van der Waals surface area contributed by atoms with E-state index in [9.17, 15) is 0 Å². The van der Waals surface area contributed by atoms with Crippen molar-refractivity contribution in [1.29, 1.82) is 0 Å². The van der Waals surface area contributed by atoms with Gasteiger partial charge in [0.25, 0.3) is 0 Å². The van der Waals surface area contributed by atoms with E-state index in [4.69, 9.17) is 9.47 Å². The number of hydrogen-bond acceptors (Lipinski definition) is 2. The molecular formula is C20H30O2. The Bertz CT molecular complexity index is 506. The van der Waals surface area contributed by atoms with Gasteiger partial charge in [-0.05, 0) is 42.9 Å². The van der Waals surface area contributed by atoms with Crippen LogP contribution in [0, 0.1) is 29.6 Å². The summed E-state index contributed by atoms with van der Waals surface area (Å²) in [7, 11) is 0. The molecule has 0 aliphatic carbocycles. The van der Waals surface area contributed by atoms with Gasteiger partial charge in [-0.15, -0.1) is 11.8 Å². The van der Waals surface area contributed by atoms with Gasteiger partial charge in [-0.2, -0.15) is 0 Å². The van der Waals surface area contributed by atoms with Crippen molar-refractivity contribution in [3.8, 4) is 23.3 Å². The Morgan fingerprint density at radius 1 is 0.909 bits per heavy atom. The van der Waals surface area contributed by atoms with Gasteiger partial charge in [0.1, 0.15) is 0 Å². The van der Waals surface area contributed by atoms with Crippen molar-refractivity contribution in [1.82, 2.24) is 0 Å². The van der Waals surface area contributed by atoms with Gasteiger partial charge >= 0.3 is 0 Å². The molecule has 0 saturated heterocycles. The molecular weight excluding hydrogens is 272 g/mol. The number of ether oxygens (including phenoxy) is 2. The molecule has 0 N–H and O–H groups in total. The lowest BCUT2D eigenvalue weighted by atomic mass is 10.0. The molecule has 0 saturated carbocycles. The maximum absolute atomic E-state index is 5.95. The molecule has 0 spiro atoms. The van der Waals surface area contributed by atoms with Crippen molar-refractivity contribution in [2.24, 2.45) is 17.8 Å². The number of hydrogen-bond donors (Lipinski definition) is 0. The summed E-state index contributed by atoms with van der Waals surface area (Å²) in [5.74, 6) is 9.21. The SMILES string of the molecule is CC#CC(C)Cc1ccc(OCC(C)C)c(OCC(C)C)c1. The Hall–Kier alpha value is -1.62. The molecule has 0 fully saturated rings. The summed E-state index contributed by atoms with van der Waals surface area (Å²) < 4.78 is 11.8. The molecule has 2 nitrogen and oxygen atoms in total. The van der Waals surface area contributed by atoms with Crippen LogP contribution in [0.1, 0.15) is 47.1 Å². The lowest BCUT2D eigenvalue weighted by Crippen LogP contribution is -2.09. The fourth-order valence-electron chi connectivity index (χ4n) is 2.08. The van der Waals surface area contributed by atoms with Crippen LogP contribution in [0.2, 0.25) is 0 Å². The van der Waals surface area contributed by atoms with Gasteiger partial charge in [0.05, 0.1) is 13.2 Å². The molecule has 0 radical (unpaired) electrons. The summed E-state index contributed by atoms with van der Waals surface area (Å²) >= 11 is 0. The standard InChI is InChI=1S/C20H30O2/c1-7-8-17(6)11-18-9-10-19(21-13-15(2)3)20(12-18)22-14-16(4)5/h9-10,12,15-17H,11,13-14H2,1-6H3. The smallest absolute Gasteiger partial charge is 0.161 e. The van der Waals surface area contributed by atoms with Crippen LogP contribution in [0.25, 0.3) is 0 Å². The molecule has 0 amide bonds. The first-order chi connectivity index (χ1) is 10.4. The molecule has 2 heteroatoms. The molecule has 0 aromatic heterocycles. The number of benzene rings is 1. The third-order valence-electron chi connectivity index (χ3n) is 3.09. The van der Waals surface area contributed by atoms with E-state index in [-0.39, 0.29) is 0 Å². The highest BCUT2D eigenvalue weighted by Gasteiger charge is 2.10. The summed E-state index contributed by atoms with van der Waals surface area (Å²) in [5.41, 5.74) is 1.24. The summed E-state index contributed by atoms with van der Waals surface area (Å²) in [6, 6.07) is 6.25. The molecule has 1 aromatic rings. The largest absolute Gasteiger partial charge is 0.489 e. The molecule has 0 aliphatic heterocycles. The average Bonchev–Trinajstić information content (AvgIpc) is 2.44. The second kappa shape index (κ2) is 9.41. The van der Waals surface area contributed by atoms with Crippen LogP contribution in [-0.2, 0) is 6.42 Å². The predicted octanol–water partition coefficient (Wildman–Crippen LogP) is 4.96. The van der Waals surface area contributed by atoms with Crippen LogP contribution in [0.5, 0.6) is 11.5 Å². The summed E-state index contributed by atoms with van der Waals surface area (Å²) in [4.78, 5) is 0. The van der Waals surface area contributed by atoms with E-state index >= 15 is 0 Å². The Morgan fingerprint density at radius 3 is 2.05 bits per heavy atom. The molecule has 1 unspecified atom stereocenters. The molecule has 1 aromatic carbocycles. The van der Waals surface area contributed by atoms with E-state index in [1.165, 1.54) is 5.56 Å². The first-order valence-corrected chi connectivity index (χ1v) is 8.23. The summed E-state index contributed by atoms with van der Waals surface area (Å²) in [6.07, 6.45) is 0.934. The van der Waals surface area contributed by atoms with Gasteiger partial charge in [-0.25, -0.2) is 0 Å². The molecule has 0 bridgehead atoms. The van der Waals surface area contributed by atoms with Gasteiger partial charge < -0.3 is 9.47 Å². The van der Waals surface area contributed by atoms with Gasteiger partial charge in [-0.3, -0.25) is 0 Å². The lowest BCUT2D eigenvalue weighted by molar-refractivity contribution is 0.229. The highest BCUT2D eigenvalue weighted by molar-refractivity contribution is 5.43. The fourth-order valence-corrected chi connectivity index (χ4v) is 2.08. The van der Waals surface area contributed by atoms with Crippen molar-refractivity contribution >= 4 is 0 Å². The minimum Gasteiger partial charge on any atom is -0.489 e. The van der Waals surface area contributed by atoms with E-state index < -0.39 is 0 Å². The minimum absolute atomic E-state index is 0.352. The van der Waals surface area contributed by atoms with Crippen molar-refractivity contribution < 1.29 is 9.47 Å². The third kappa shape index (κ3) is 6.89. The first kappa shape index (κ1) is 18.4. The zero-order valence-electron chi connectivity index (χ0n) is 14.9. The zero-order valence-corrected chi connectivity index (χ0v) is 14.9. The van der Waals surface area contributed by atoms with Crippen LogP contribution >= 0.6 is 0 Å². The molecule has 1 atom stereocenters. The molecule has 0 aliphatic rings. The van der Waals surface area contributed by atoms with Crippen LogP contribution in [-0.4, -0.2) is 13.2 Å². The van der Waals surface area contributed by atoms with Crippen molar-refractivity contribution in [2.45, 2.75) is 48.0 Å².